The number of sulfonamides is 1. The summed E-state index contributed by atoms with van der Waals surface area (Å²) in [4.78, 5) is 1.11. The molecule has 0 unspecified atom stereocenters. The Morgan fingerprint density at radius 3 is 2.56 bits per heavy atom. The van der Waals surface area contributed by atoms with Crippen molar-refractivity contribution in [2.45, 2.75) is 36.5 Å². The summed E-state index contributed by atoms with van der Waals surface area (Å²) in [6.45, 7) is 3.15. The number of hydrogen-bond acceptors (Lipinski definition) is 4. The lowest BCUT2D eigenvalue weighted by atomic mass is 10.1. The van der Waals surface area contributed by atoms with Crippen LogP contribution in [0, 0.1) is 0 Å². The largest absolute Gasteiger partial charge is 0.381 e. The Balaban J connectivity index is 2.12. The van der Waals surface area contributed by atoms with Crippen molar-refractivity contribution in [2.24, 2.45) is 0 Å². The first kappa shape index (κ1) is 14.0. The molecule has 2 heterocycles. The van der Waals surface area contributed by atoms with Gasteiger partial charge < -0.3 is 4.74 Å². The lowest BCUT2D eigenvalue weighted by Crippen LogP contribution is -2.40. The number of rotatable bonds is 4. The average molecular weight is 289 g/mol. The van der Waals surface area contributed by atoms with Crippen LogP contribution in [0.15, 0.2) is 16.3 Å². The molecule has 1 fully saturated rings. The van der Waals surface area contributed by atoms with E-state index in [0.29, 0.717) is 17.3 Å². The predicted octanol–water partition coefficient (Wildman–Crippen LogP) is 2.11. The van der Waals surface area contributed by atoms with E-state index >= 15 is 0 Å². The highest BCUT2D eigenvalue weighted by Crippen LogP contribution is 2.27. The SMILES string of the molecule is CCc1ccc(S(=O)(=O)N2CCC(OC)CC2)s1. The van der Waals surface area contributed by atoms with Gasteiger partial charge in [0.05, 0.1) is 6.10 Å². The molecule has 0 amide bonds. The van der Waals surface area contributed by atoms with Gasteiger partial charge in [-0.15, -0.1) is 11.3 Å². The minimum Gasteiger partial charge on any atom is -0.381 e. The lowest BCUT2D eigenvalue weighted by Gasteiger charge is -2.29. The molecule has 0 bridgehead atoms. The Hall–Kier alpha value is -0.430. The normalized spacial score (nSPS) is 19.2. The summed E-state index contributed by atoms with van der Waals surface area (Å²) in [7, 11) is -1.60. The van der Waals surface area contributed by atoms with E-state index in [1.54, 1.807) is 17.5 Å². The number of hydrogen-bond donors (Lipinski definition) is 0. The van der Waals surface area contributed by atoms with Gasteiger partial charge in [-0.1, -0.05) is 6.92 Å². The minimum absolute atomic E-state index is 0.200. The van der Waals surface area contributed by atoms with Gasteiger partial charge in [0.25, 0.3) is 10.0 Å². The molecule has 18 heavy (non-hydrogen) atoms. The zero-order valence-electron chi connectivity index (χ0n) is 10.8. The average Bonchev–Trinajstić information content (AvgIpc) is 2.88. The van der Waals surface area contributed by atoms with E-state index < -0.39 is 10.0 Å². The standard InChI is InChI=1S/C12H19NO3S2/c1-3-11-4-5-12(17-11)18(14,15)13-8-6-10(16-2)7-9-13/h4-5,10H,3,6-9H2,1-2H3. The maximum absolute atomic E-state index is 12.4. The third-order valence-corrected chi connectivity index (χ3v) is 6.91. The molecule has 0 atom stereocenters. The fraction of sp³-hybridized carbons (Fsp3) is 0.667. The van der Waals surface area contributed by atoms with Gasteiger partial charge in [0, 0.05) is 25.1 Å². The second kappa shape index (κ2) is 5.69. The van der Waals surface area contributed by atoms with Crippen LogP contribution >= 0.6 is 11.3 Å². The topological polar surface area (TPSA) is 46.6 Å². The van der Waals surface area contributed by atoms with Crippen LogP contribution in [-0.2, 0) is 21.2 Å². The van der Waals surface area contributed by atoms with Crippen molar-refractivity contribution >= 4 is 21.4 Å². The fourth-order valence-corrected chi connectivity index (χ4v) is 5.04. The van der Waals surface area contributed by atoms with Gasteiger partial charge >= 0.3 is 0 Å². The van der Waals surface area contributed by atoms with Crippen LogP contribution in [-0.4, -0.2) is 39.0 Å². The molecular formula is C12H19NO3S2. The molecule has 0 saturated carbocycles. The van der Waals surface area contributed by atoms with Crippen LogP contribution in [0.1, 0.15) is 24.6 Å². The first-order chi connectivity index (χ1) is 8.57. The van der Waals surface area contributed by atoms with E-state index in [0.717, 1.165) is 24.1 Å². The van der Waals surface area contributed by atoms with Crippen LogP contribution in [0.25, 0.3) is 0 Å². The van der Waals surface area contributed by atoms with Crippen molar-refractivity contribution in [3.63, 3.8) is 0 Å². The third kappa shape index (κ3) is 2.77. The maximum atomic E-state index is 12.4. The Kier molecular flexibility index (Phi) is 4.42. The third-order valence-electron chi connectivity index (χ3n) is 3.31. The van der Waals surface area contributed by atoms with Gasteiger partial charge in [-0.3, -0.25) is 0 Å². The van der Waals surface area contributed by atoms with Crippen molar-refractivity contribution in [1.82, 2.24) is 4.31 Å². The van der Waals surface area contributed by atoms with Gasteiger partial charge in [0.15, 0.2) is 0 Å². The molecule has 1 aromatic heterocycles. The molecule has 2 rings (SSSR count). The Labute approximate surface area is 113 Å². The van der Waals surface area contributed by atoms with Gasteiger partial charge in [0.2, 0.25) is 0 Å². The Morgan fingerprint density at radius 2 is 2.06 bits per heavy atom. The summed E-state index contributed by atoms with van der Waals surface area (Å²) in [6.07, 6.45) is 2.64. The number of piperidine rings is 1. The Bertz CT molecular complexity index is 487. The van der Waals surface area contributed by atoms with Crippen molar-refractivity contribution in [2.75, 3.05) is 20.2 Å². The Morgan fingerprint density at radius 1 is 1.39 bits per heavy atom. The molecule has 1 aliphatic rings. The molecule has 1 saturated heterocycles. The first-order valence-electron chi connectivity index (χ1n) is 6.19. The fourth-order valence-electron chi connectivity index (χ4n) is 2.12. The number of ether oxygens (including phenoxy) is 1. The van der Waals surface area contributed by atoms with Gasteiger partial charge in [-0.05, 0) is 31.4 Å². The summed E-state index contributed by atoms with van der Waals surface area (Å²) in [5, 5.41) is 0. The van der Waals surface area contributed by atoms with Crippen molar-refractivity contribution in [1.29, 1.82) is 0 Å². The molecule has 4 nitrogen and oxygen atoms in total. The quantitative estimate of drug-likeness (QED) is 0.853. The second-order valence-corrected chi connectivity index (χ2v) is 7.75. The van der Waals surface area contributed by atoms with Crippen molar-refractivity contribution in [3.8, 4) is 0 Å². The van der Waals surface area contributed by atoms with Crippen LogP contribution in [0.3, 0.4) is 0 Å². The van der Waals surface area contributed by atoms with Gasteiger partial charge in [-0.25, -0.2) is 8.42 Å². The molecule has 0 radical (unpaired) electrons. The zero-order chi connectivity index (χ0) is 13.2. The highest BCUT2D eigenvalue weighted by atomic mass is 32.2. The monoisotopic (exact) mass is 289 g/mol. The summed E-state index contributed by atoms with van der Waals surface area (Å²) in [6, 6.07) is 3.63. The minimum atomic E-state index is -3.29. The zero-order valence-corrected chi connectivity index (χ0v) is 12.4. The van der Waals surface area contributed by atoms with E-state index in [4.69, 9.17) is 4.74 Å². The molecule has 0 aromatic carbocycles. The molecule has 0 aliphatic carbocycles. The highest BCUT2D eigenvalue weighted by molar-refractivity contribution is 7.91. The number of methoxy groups -OCH3 is 1. The van der Waals surface area contributed by atoms with Crippen molar-refractivity contribution < 1.29 is 13.2 Å². The van der Waals surface area contributed by atoms with E-state index in [2.05, 4.69) is 0 Å². The predicted molar refractivity (Wildman–Crippen MR) is 72.5 cm³/mol. The molecule has 6 heteroatoms. The molecule has 102 valence electrons. The van der Waals surface area contributed by atoms with Crippen LogP contribution in [0.2, 0.25) is 0 Å². The maximum Gasteiger partial charge on any atom is 0.252 e. The molecule has 1 aliphatic heterocycles. The summed E-state index contributed by atoms with van der Waals surface area (Å²) >= 11 is 1.38. The molecule has 0 N–H and O–H groups in total. The number of nitrogens with zero attached hydrogens (tertiary/aromatic N) is 1. The smallest absolute Gasteiger partial charge is 0.252 e. The summed E-state index contributed by atoms with van der Waals surface area (Å²) < 4.78 is 32.1. The molecular weight excluding hydrogens is 270 g/mol. The van der Waals surface area contributed by atoms with E-state index in [1.807, 2.05) is 13.0 Å². The molecule has 1 aromatic rings. The number of aryl methyl sites for hydroxylation is 1. The van der Waals surface area contributed by atoms with Crippen molar-refractivity contribution in [3.05, 3.63) is 17.0 Å². The number of thiophene rings is 1. The summed E-state index contributed by atoms with van der Waals surface area (Å²) in [5.41, 5.74) is 0. The van der Waals surface area contributed by atoms with E-state index in [1.165, 1.54) is 11.3 Å². The lowest BCUT2D eigenvalue weighted by molar-refractivity contribution is 0.0605. The van der Waals surface area contributed by atoms with E-state index in [-0.39, 0.29) is 6.10 Å². The molecule has 0 spiro atoms. The second-order valence-electron chi connectivity index (χ2n) is 4.41. The van der Waals surface area contributed by atoms with Gasteiger partial charge in [-0.2, -0.15) is 4.31 Å². The van der Waals surface area contributed by atoms with Crippen LogP contribution in [0.4, 0.5) is 0 Å². The van der Waals surface area contributed by atoms with Gasteiger partial charge in [0.1, 0.15) is 4.21 Å². The van der Waals surface area contributed by atoms with Crippen LogP contribution in [0.5, 0.6) is 0 Å². The van der Waals surface area contributed by atoms with E-state index in [9.17, 15) is 8.42 Å². The summed E-state index contributed by atoms with van der Waals surface area (Å²) in [5.74, 6) is 0. The highest BCUT2D eigenvalue weighted by Gasteiger charge is 2.30. The first-order valence-corrected chi connectivity index (χ1v) is 8.45. The van der Waals surface area contributed by atoms with Crippen LogP contribution < -0.4 is 0 Å².